The minimum absolute atomic E-state index is 0.210. The SMILES string of the molecule is COc1ccc(Cl)cc1Nc1ccnc(NCCc2ccccc2F)n1. The molecule has 0 aliphatic rings. The molecule has 1 heterocycles. The van der Waals surface area contributed by atoms with Gasteiger partial charge in [0.05, 0.1) is 12.8 Å². The number of anilines is 3. The summed E-state index contributed by atoms with van der Waals surface area (Å²) in [4.78, 5) is 8.58. The van der Waals surface area contributed by atoms with E-state index in [-0.39, 0.29) is 5.82 Å². The van der Waals surface area contributed by atoms with Crippen molar-refractivity contribution in [3.8, 4) is 5.75 Å². The standard InChI is InChI=1S/C19H18ClFN4O/c1-26-17-7-6-14(20)12-16(17)24-18-9-11-23-19(25-18)22-10-8-13-4-2-3-5-15(13)21/h2-7,9,11-12H,8,10H2,1H3,(H2,22,23,24,25). The molecule has 3 rings (SSSR count). The topological polar surface area (TPSA) is 59.1 Å². The molecule has 0 saturated heterocycles. The number of benzene rings is 2. The van der Waals surface area contributed by atoms with Crippen LogP contribution in [0.15, 0.2) is 54.7 Å². The summed E-state index contributed by atoms with van der Waals surface area (Å²) in [6, 6.07) is 13.7. The van der Waals surface area contributed by atoms with Crippen LogP contribution >= 0.6 is 11.6 Å². The molecule has 1 aromatic heterocycles. The molecular weight excluding hydrogens is 355 g/mol. The molecule has 134 valence electrons. The Bertz CT molecular complexity index is 891. The second-order valence-corrected chi connectivity index (χ2v) is 5.94. The fourth-order valence-corrected chi connectivity index (χ4v) is 2.61. The highest BCUT2D eigenvalue weighted by atomic mass is 35.5. The van der Waals surface area contributed by atoms with Crippen LogP contribution in [-0.2, 0) is 6.42 Å². The molecule has 2 aromatic carbocycles. The highest BCUT2D eigenvalue weighted by Gasteiger charge is 2.06. The lowest BCUT2D eigenvalue weighted by atomic mass is 10.1. The number of ether oxygens (including phenoxy) is 1. The Balaban J connectivity index is 1.65. The number of halogens is 2. The van der Waals surface area contributed by atoms with E-state index in [4.69, 9.17) is 16.3 Å². The zero-order chi connectivity index (χ0) is 18.4. The maximum atomic E-state index is 13.6. The zero-order valence-electron chi connectivity index (χ0n) is 14.2. The average Bonchev–Trinajstić information content (AvgIpc) is 2.64. The van der Waals surface area contributed by atoms with Gasteiger partial charge in [-0.2, -0.15) is 4.98 Å². The molecule has 0 radical (unpaired) electrons. The molecule has 0 aliphatic carbocycles. The molecule has 0 amide bonds. The van der Waals surface area contributed by atoms with Gasteiger partial charge in [0.2, 0.25) is 5.95 Å². The number of nitrogens with one attached hydrogen (secondary N) is 2. The van der Waals surface area contributed by atoms with Gasteiger partial charge < -0.3 is 15.4 Å². The molecule has 0 spiro atoms. The maximum absolute atomic E-state index is 13.6. The van der Waals surface area contributed by atoms with Gasteiger partial charge in [0.25, 0.3) is 0 Å². The van der Waals surface area contributed by atoms with Gasteiger partial charge >= 0.3 is 0 Å². The molecule has 3 aromatic rings. The van der Waals surface area contributed by atoms with Crippen molar-refractivity contribution in [2.24, 2.45) is 0 Å². The van der Waals surface area contributed by atoms with Gasteiger partial charge in [-0.3, -0.25) is 0 Å². The van der Waals surface area contributed by atoms with Crippen molar-refractivity contribution >= 4 is 29.1 Å². The second kappa shape index (κ2) is 8.49. The molecular formula is C19H18ClFN4O. The Labute approximate surface area is 156 Å². The van der Waals surface area contributed by atoms with Crippen molar-refractivity contribution in [1.82, 2.24) is 9.97 Å². The Morgan fingerprint density at radius 1 is 1.15 bits per heavy atom. The molecule has 0 aliphatic heterocycles. The van der Waals surface area contributed by atoms with E-state index >= 15 is 0 Å². The lowest BCUT2D eigenvalue weighted by Gasteiger charge is -2.12. The third-order valence-electron chi connectivity index (χ3n) is 3.72. The van der Waals surface area contributed by atoms with Crippen LogP contribution in [0, 0.1) is 5.82 Å². The molecule has 0 bridgehead atoms. The number of hydrogen-bond acceptors (Lipinski definition) is 5. The highest BCUT2D eigenvalue weighted by molar-refractivity contribution is 6.31. The van der Waals surface area contributed by atoms with Crippen LogP contribution in [0.1, 0.15) is 5.56 Å². The fourth-order valence-electron chi connectivity index (χ4n) is 2.44. The van der Waals surface area contributed by atoms with Crippen molar-refractivity contribution in [3.05, 3.63) is 71.1 Å². The summed E-state index contributed by atoms with van der Waals surface area (Å²) in [5.41, 5.74) is 1.36. The number of rotatable bonds is 7. The Morgan fingerprint density at radius 2 is 2.00 bits per heavy atom. The third kappa shape index (κ3) is 4.61. The predicted octanol–water partition coefficient (Wildman–Crippen LogP) is 4.68. The van der Waals surface area contributed by atoms with Crippen LogP contribution in [0.5, 0.6) is 5.75 Å². The smallest absolute Gasteiger partial charge is 0.224 e. The summed E-state index contributed by atoms with van der Waals surface area (Å²) in [5.74, 6) is 1.49. The van der Waals surface area contributed by atoms with Gasteiger partial charge in [-0.15, -0.1) is 0 Å². The van der Waals surface area contributed by atoms with Crippen LogP contribution in [0.2, 0.25) is 5.02 Å². The van der Waals surface area contributed by atoms with E-state index in [0.29, 0.717) is 46.8 Å². The Morgan fingerprint density at radius 3 is 2.81 bits per heavy atom. The quantitative estimate of drug-likeness (QED) is 0.630. The van der Waals surface area contributed by atoms with Gasteiger partial charge in [-0.05, 0) is 42.3 Å². The average molecular weight is 373 g/mol. The van der Waals surface area contributed by atoms with Crippen LogP contribution in [0.25, 0.3) is 0 Å². The van der Waals surface area contributed by atoms with Gasteiger partial charge in [-0.1, -0.05) is 29.8 Å². The molecule has 0 unspecified atom stereocenters. The maximum Gasteiger partial charge on any atom is 0.224 e. The first kappa shape index (κ1) is 17.9. The van der Waals surface area contributed by atoms with Gasteiger partial charge in [-0.25, -0.2) is 9.37 Å². The van der Waals surface area contributed by atoms with E-state index in [9.17, 15) is 4.39 Å². The van der Waals surface area contributed by atoms with Gasteiger partial charge in [0.1, 0.15) is 17.4 Å². The van der Waals surface area contributed by atoms with Crippen molar-refractivity contribution in [2.45, 2.75) is 6.42 Å². The number of hydrogen-bond donors (Lipinski definition) is 2. The van der Waals surface area contributed by atoms with Crippen LogP contribution in [-0.4, -0.2) is 23.6 Å². The lowest BCUT2D eigenvalue weighted by molar-refractivity contribution is 0.417. The monoisotopic (exact) mass is 372 g/mol. The van der Waals surface area contributed by atoms with E-state index in [2.05, 4.69) is 20.6 Å². The lowest BCUT2D eigenvalue weighted by Crippen LogP contribution is -2.09. The molecule has 5 nitrogen and oxygen atoms in total. The third-order valence-corrected chi connectivity index (χ3v) is 3.95. The molecule has 26 heavy (non-hydrogen) atoms. The van der Waals surface area contributed by atoms with Gasteiger partial charge in [0.15, 0.2) is 0 Å². The van der Waals surface area contributed by atoms with Gasteiger partial charge in [0, 0.05) is 17.8 Å². The normalized spacial score (nSPS) is 10.4. The summed E-state index contributed by atoms with van der Waals surface area (Å²) in [7, 11) is 1.59. The number of methoxy groups -OCH3 is 1. The van der Waals surface area contributed by atoms with Crippen molar-refractivity contribution in [2.75, 3.05) is 24.3 Å². The first-order chi connectivity index (χ1) is 12.7. The molecule has 0 fully saturated rings. The summed E-state index contributed by atoms with van der Waals surface area (Å²) in [6.45, 7) is 0.519. The zero-order valence-corrected chi connectivity index (χ0v) is 14.9. The molecule has 0 atom stereocenters. The Kier molecular flexibility index (Phi) is 5.86. The molecule has 7 heteroatoms. The highest BCUT2D eigenvalue weighted by Crippen LogP contribution is 2.29. The Hall–Kier alpha value is -2.86. The number of aromatic nitrogens is 2. The van der Waals surface area contributed by atoms with Crippen molar-refractivity contribution in [3.63, 3.8) is 0 Å². The molecule has 0 saturated carbocycles. The van der Waals surface area contributed by atoms with E-state index in [1.807, 2.05) is 6.07 Å². The molecule has 2 N–H and O–H groups in total. The van der Waals surface area contributed by atoms with Crippen LogP contribution in [0.4, 0.5) is 21.8 Å². The first-order valence-corrected chi connectivity index (χ1v) is 8.44. The minimum Gasteiger partial charge on any atom is -0.495 e. The van der Waals surface area contributed by atoms with E-state index in [1.165, 1.54) is 6.07 Å². The summed E-state index contributed by atoms with van der Waals surface area (Å²) in [6.07, 6.45) is 2.17. The van der Waals surface area contributed by atoms with Crippen LogP contribution in [0.3, 0.4) is 0 Å². The van der Waals surface area contributed by atoms with E-state index in [0.717, 1.165) is 0 Å². The predicted molar refractivity (Wildman–Crippen MR) is 102 cm³/mol. The summed E-state index contributed by atoms with van der Waals surface area (Å²) < 4.78 is 18.9. The first-order valence-electron chi connectivity index (χ1n) is 8.06. The van der Waals surface area contributed by atoms with E-state index < -0.39 is 0 Å². The summed E-state index contributed by atoms with van der Waals surface area (Å²) in [5, 5.41) is 6.85. The number of nitrogens with zero attached hydrogens (tertiary/aromatic N) is 2. The largest absolute Gasteiger partial charge is 0.495 e. The van der Waals surface area contributed by atoms with Crippen molar-refractivity contribution < 1.29 is 9.13 Å². The second-order valence-electron chi connectivity index (χ2n) is 5.50. The summed E-state index contributed by atoms with van der Waals surface area (Å²) >= 11 is 6.04. The van der Waals surface area contributed by atoms with E-state index in [1.54, 1.807) is 49.7 Å². The van der Waals surface area contributed by atoms with Crippen LogP contribution < -0.4 is 15.4 Å². The fraction of sp³-hybridized carbons (Fsp3) is 0.158. The minimum atomic E-state index is -0.210. The van der Waals surface area contributed by atoms with Crippen molar-refractivity contribution in [1.29, 1.82) is 0 Å².